The van der Waals surface area contributed by atoms with E-state index in [1.807, 2.05) is 43.3 Å². The van der Waals surface area contributed by atoms with Gasteiger partial charge < -0.3 is 10.6 Å². The van der Waals surface area contributed by atoms with E-state index in [4.69, 9.17) is 5.73 Å². The van der Waals surface area contributed by atoms with Gasteiger partial charge >= 0.3 is 0 Å². The van der Waals surface area contributed by atoms with Crippen molar-refractivity contribution in [2.24, 2.45) is 0 Å². The van der Waals surface area contributed by atoms with Crippen molar-refractivity contribution in [3.63, 3.8) is 0 Å². The summed E-state index contributed by atoms with van der Waals surface area (Å²) in [5.41, 5.74) is 10.3. The van der Waals surface area contributed by atoms with Crippen LogP contribution in [0.15, 0.2) is 48.5 Å². The zero-order valence-electron chi connectivity index (χ0n) is 9.64. The topological polar surface area (TPSA) is 29.3 Å². The standard InChI is InChI=1S/C14H16N2/c1-16(2)12-8-9-13(14(15)10-12)11-6-4-3-5-7-11/h3-10H,15H2,1-2H3. The summed E-state index contributed by atoms with van der Waals surface area (Å²) in [6.45, 7) is 0. The second-order valence-electron chi connectivity index (χ2n) is 4.03. The van der Waals surface area contributed by atoms with Crippen LogP contribution in [0, 0.1) is 0 Å². The second kappa shape index (κ2) is 4.27. The summed E-state index contributed by atoms with van der Waals surface area (Å²) < 4.78 is 0. The number of hydrogen-bond acceptors (Lipinski definition) is 2. The number of benzene rings is 2. The molecule has 0 fully saturated rings. The van der Waals surface area contributed by atoms with Crippen LogP contribution in [0.4, 0.5) is 11.4 Å². The molecule has 0 aliphatic carbocycles. The van der Waals surface area contributed by atoms with Crippen molar-refractivity contribution in [3.8, 4) is 11.1 Å². The fraction of sp³-hybridized carbons (Fsp3) is 0.143. The Morgan fingerprint density at radius 1 is 0.938 bits per heavy atom. The van der Waals surface area contributed by atoms with Crippen LogP contribution in [0.25, 0.3) is 11.1 Å². The highest BCUT2D eigenvalue weighted by Gasteiger charge is 2.03. The van der Waals surface area contributed by atoms with Crippen LogP contribution in [-0.2, 0) is 0 Å². The van der Waals surface area contributed by atoms with Crippen LogP contribution in [0.3, 0.4) is 0 Å². The lowest BCUT2D eigenvalue weighted by molar-refractivity contribution is 1.13. The minimum Gasteiger partial charge on any atom is -0.398 e. The molecular weight excluding hydrogens is 196 g/mol. The van der Waals surface area contributed by atoms with Crippen molar-refractivity contribution >= 4 is 11.4 Å². The predicted molar refractivity (Wildman–Crippen MR) is 70.6 cm³/mol. The van der Waals surface area contributed by atoms with Gasteiger partial charge in [-0.1, -0.05) is 36.4 Å². The first-order valence-corrected chi connectivity index (χ1v) is 5.31. The second-order valence-corrected chi connectivity index (χ2v) is 4.03. The summed E-state index contributed by atoms with van der Waals surface area (Å²) >= 11 is 0. The molecule has 2 aromatic rings. The van der Waals surface area contributed by atoms with E-state index in [-0.39, 0.29) is 0 Å². The number of nitrogen functional groups attached to an aromatic ring is 1. The Hall–Kier alpha value is -1.96. The normalized spacial score (nSPS) is 10.1. The van der Waals surface area contributed by atoms with Crippen LogP contribution >= 0.6 is 0 Å². The molecule has 0 unspecified atom stereocenters. The lowest BCUT2D eigenvalue weighted by Gasteiger charge is -2.14. The van der Waals surface area contributed by atoms with Gasteiger partial charge in [0.1, 0.15) is 0 Å². The van der Waals surface area contributed by atoms with Crippen LogP contribution in [0.1, 0.15) is 0 Å². The van der Waals surface area contributed by atoms with Crippen molar-refractivity contribution in [2.75, 3.05) is 24.7 Å². The highest BCUT2D eigenvalue weighted by atomic mass is 15.1. The maximum Gasteiger partial charge on any atom is 0.0414 e. The average molecular weight is 212 g/mol. The Morgan fingerprint density at radius 2 is 1.62 bits per heavy atom. The number of nitrogens with zero attached hydrogens (tertiary/aromatic N) is 1. The van der Waals surface area contributed by atoms with E-state index in [9.17, 15) is 0 Å². The SMILES string of the molecule is CN(C)c1ccc(-c2ccccc2)c(N)c1. The first kappa shape index (κ1) is 10.6. The lowest BCUT2D eigenvalue weighted by Crippen LogP contribution is -2.08. The summed E-state index contributed by atoms with van der Waals surface area (Å²) in [5.74, 6) is 0. The van der Waals surface area contributed by atoms with Crippen molar-refractivity contribution in [2.45, 2.75) is 0 Å². The van der Waals surface area contributed by atoms with E-state index < -0.39 is 0 Å². The molecule has 0 saturated heterocycles. The van der Waals surface area contributed by atoms with Crippen molar-refractivity contribution in [3.05, 3.63) is 48.5 Å². The van der Waals surface area contributed by atoms with E-state index >= 15 is 0 Å². The molecule has 0 heterocycles. The Kier molecular flexibility index (Phi) is 2.82. The van der Waals surface area contributed by atoms with Crippen molar-refractivity contribution in [1.82, 2.24) is 0 Å². The summed E-state index contributed by atoms with van der Waals surface area (Å²) in [7, 11) is 4.02. The molecule has 2 nitrogen and oxygen atoms in total. The summed E-state index contributed by atoms with van der Waals surface area (Å²) in [5, 5.41) is 0. The molecule has 0 radical (unpaired) electrons. The van der Waals surface area contributed by atoms with Gasteiger partial charge in [-0.05, 0) is 17.7 Å². The number of nitrogens with two attached hydrogens (primary N) is 1. The molecule has 2 heteroatoms. The van der Waals surface area contributed by atoms with Gasteiger partial charge in [0.25, 0.3) is 0 Å². The molecule has 0 aliphatic rings. The first-order chi connectivity index (χ1) is 7.68. The number of rotatable bonds is 2. The van der Waals surface area contributed by atoms with E-state index in [2.05, 4.69) is 24.3 Å². The Balaban J connectivity index is 2.45. The summed E-state index contributed by atoms with van der Waals surface area (Å²) in [4.78, 5) is 2.05. The van der Waals surface area contributed by atoms with E-state index in [0.29, 0.717) is 0 Å². The van der Waals surface area contributed by atoms with Crippen molar-refractivity contribution < 1.29 is 0 Å². The Morgan fingerprint density at radius 3 is 2.19 bits per heavy atom. The molecule has 0 spiro atoms. The van der Waals surface area contributed by atoms with E-state index in [0.717, 1.165) is 22.5 Å². The molecule has 0 aliphatic heterocycles. The Labute approximate surface area is 96.3 Å². The molecule has 0 aromatic heterocycles. The largest absolute Gasteiger partial charge is 0.398 e. The van der Waals surface area contributed by atoms with Gasteiger partial charge in [-0.25, -0.2) is 0 Å². The minimum absolute atomic E-state index is 0.817. The highest BCUT2D eigenvalue weighted by Crippen LogP contribution is 2.28. The smallest absolute Gasteiger partial charge is 0.0414 e. The molecule has 2 rings (SSSR count). The van der Waals surface area contributed by atoms with Gasteiger partial charge in [0.05, 0.1) is 0 Å². The van der Waals surface area contributed by atoms with Crippen molar-refractivity contribution in [1.29, 1.82) is 0 Å². The van der Waals surface area contributed by atoms with Gasteiger partial charge in [-0.3, -0.25) is 0 Å². The maximum atomic E-state index is 6.06. The molecule has 0 atom stereocenters. The van der Waals surface area contributed by atoms with Gasteiger partial charge in [0, 0.05) is 31.0 Å². The van der Waals surface area contributed by atoms with Crippen LogP contribution in [-0.4, -0.2) is 14.1 Å². The zero-order chi connectivity index (χ0) is 11.5. The highest BCUT2D eigenvalue weighted by molar-refractivity contribution is 5.79. The van der Waals surface area contributed by atoms with E-state index in [1.165, 1.54) is 0 Å². The maximum absolute atomic E-state index is 6.06. The zero-order valence-corrected chi connectivity index (χ0v) is 9.64. The fourth-order valence-corrected chi connectivity index (χ4v) is 1.71. The summed E-state index contributed by atoms with van der Waals surface area (Å²) in [6, 6.07) is 16.3. The monoisotopic (exact) mass is 212 g/mol. The molecule has 0 bridgehead atoms. The minimum atomic E-state index is 0.817. The quantitative estimate of drug-likeness (QED) is 0.775. The van der Waals surface area contributed by atoms with Gasteiger partial charge in [-0.15, -0.1) is 0 Å². The van der Waals surface area contributed by atoms with Gasteiger partial charge in [-0.2, -0.15) is 0 Å². The third kappa shape index (κ3) is 2.01. The molecule has 82 valence electrons. The third-order valence-electron chi connectivity index (χ3n) is 2.64. The first-order valence-electron chi connectivity index (χ1n) is 5.31. The van der Waals surface area contributed by atoms with Gasteiger partial charge in [0.15, 0.2) is 0 Å². The van der Waals surface area contributed by atoms with Crippen LogP contribution in [0.2, 0.25) is 0 Å². The number of anilines is 2. The lowest BCUT2D eigenvalue weighted by atomic mass is 10.0. The average Bonchev–Trinajstić information content (AvgIpc) is 2.30. The molecule has 0 saturated carbocycles. The Bertz CT molecular complexity index is 475. The molecule has 0 amide bonds. The molecule has 16 heavy (non-hydrogen) atoms. The predicted octanol–water partition coefficient (Wildman–Crippen LogP) is 3.00. The molecule has 2 aromatic carbocycles. The fourth-order valence-electron chi connectivity index (χ4n) is 1.71. The molecule has 2 N–H and O–H groups in total. The third-order valence-corrected chi connectivity index (χ3v) is 2.64. The molecular formula is C14H16N2. The summed E-state index contributed by atoms with van der Waals surface area (Å²) in [6.07, 6.45) is 0. The number of hydrogen-bond donors (Lipinski definition) is 1. The van der Waals surface area contributed by atoms with Crippen LogP contribution in [0.5, 0.6) is 0 Å². The van der Waals surface area contributed by atoms with Gasteiger partial charge in [0.2, 0.25) is 0 Å². The van der Waals surface area contributed by atoms with Crippen LogP contribution < -0.4 is 10.6 Å². The van der Waals surface area contributed by atoms with E-state index in [1.54, 1.807) is 0 Å².